The van der Waals surface area contributed by atoms with Gasteiger partial charge in [-0.05, 0) is 12.0 Å². The summed E-state index contributed by atoms with van der Waals surface area (Å²) in [4.78, 5) is 5.65. The van der Waals surface area contributed by atoms with Crippen molar-refractivity contribution in [2.24, 2.45) is 0 Å². The highest BCUT2D eigenvalue weighted by Gasteiger charge is 2.07. The molecule has 0 spiro atoms. The summed E-state index contributed by atoms with van der Waals surface area (Å²) < 4.78 is 0. The van der Waals surface area contributed by atoms with E-state index in [9.17, 15) is 0 Å². The molecule has 0 aliphatic carbocycles. The summed E-state index contributed by atoms with van der Waals surface area (Å²) in [7, 11) is 0. The summed E-state index contributed by atoms with van der Waals surface area (Å²) in [5.41, 5.74) is 1.20. The standard InChI is InChI=1S/C14H19NS/c1-5-7-9-12(8-6-2)13-10-15-14(16-13)11(3)4/h6-11H,2,5H2,1,3-4H3/b9-7-,12-8+. The highest BCUT2D eigenvalue weighted by atomic mass is 32.1. The fourth-order valence-corrected chi connectivity index (χ4v) is 2.21. The molecule has 0 aromatic carbocycles. The maximum absolute atomic E-state index is 4.44. The van der Waals surface area contributed by atoms with Crippen molar-refractivity contribution in [3.8, 4) is 0 Å². The quantitative estimate of drug-likeness (QED) is 0.665. The van der Waals surface area contributed by atoms with Crippen LogP contribution in [0, 0.1) is 0 Å². The molecule has 1 aromatic rings. The number of allylic oxidation sites excluding steroid dienone is 5. The van der Waals surface area contributed by atoms with E-state index in [-0.39, 0.29) is 0 Å². The maximum atomic E-state index is 4.44. The van der Waals surface area contributed by atoms with Crippen molar-refractivity contribution in [2.45, 2.75) is 33.1 Å². The zero-order valence-corrected chi connectivity index (χ0v) is 11.1. The predicted molar refractivity (Wildman–Crippen MR) is 73.8 cm³/mol. The van der Waals surface area contributed by atoms with Crippen molar-refractivity contribution in [2.75, 3.05) is 0 Å². The van der Waals surface area contributed by atoms with Crippen molar-refractivity contribution in [1.82, 2.24) is 4.98 Å². The molecule has 16 heavy (non-hydrogen) atoms. The van der Waals surface area contributed by atoms with Gasteiger partial charge in [-0.3, -0.25) is 0 Å². The summed E-state index contributed by atoms with van der Waals surface area (Å²) >= 11 is 1.76. The number of hydrogen-bond donors (Lipinski definition) is 0. The summed E-state index contributed by atoms with van der Waals surface area (Å²) in [6.07, 6.45) is 11.1. The Morgan fingerprint density at radius 1 is 1.56 bits per heavy atom. The van der Waals surface area contributed by atoms with E-state index in [2.05, 4.69) is 44.5 Å². The fraction of sp³-hybridized carbons (Fsp3) is 0.357. The maximum Gasteiger partial charge on any atom is 0.0956 e. The van der Waals surface area contributed by atoms with E-state index >= 15 is 0 Å². The Labute approximate surface area is 102 Å². The van der Waals surface area contributed by atoms with Crippen molar-refractivity contribution >= 4 is 16.9 Å². The minimum Gasteiger partial charge on any atom is -0.249 e. The van der Waals surface area contributed by atoms with E-state index < -0.39 is 0 Å². The monoisotopic (exact) mass is 233 g/mol. The van der Waals surface area contributed by atoms with Gasteiger partial charge in [0, 0.05) is 12.1 Å². The van der Waals surface area contributed by atoms with Crippen molar-refractivity contribution < 1.29 is 0 Å². The largest absolute Gasteiger partial charge is 0.249 e. The molecule has 0 atom stereocenters. The van der Waals surface area contributed by atoms with E-state index in [1.54, 1.807) is 11.3 Å². The Balaban J connectivity index is 2.97. The van der Waals surface area contributed by atoms with Gasteiger partial charge in [0.05, 0.1) is 9.88 Å². The minimum atomic E-state index is 0.499. The lowest BCUT2D eigenvalue weighted by Crippen LogP contribution is -1.81. The van der Waals surface area contributed by atoms with Gasteiger partial charge in [-0.25, -0.2) is 4.98 Å². The molecule has 0 saturated carbocycles. The van der Waals surface area contributed by atoms with Gasteiger partial charge in [0.2, 0.25) is 0 Å². The molecule has 1 rings (SSSR count). The molecule has 0 N–H and O–H groups in total. The molecule has 0 fully saturated rings. The Hall–Kier alpha value is -1.15. The molecule has 0 bridgehead atoms. The fourth-order valence-electron chi connectivity index (χ4n) is 1.28. The summed E-state index contributed by atoms with van der Waals surface area (Å²) in [5.74, 6) is 0.499. The van der Waals surface area contributed by atoms with Crippen LogP contribution in [-0.4, -0.2) is 4.98 Å². The average molecular weight is 233 g/mol. The molecule has 0 aliphatic rings. The Morgan fingerprint density at radius 3 is 2.81 bits per heavy atom. The zero-order chi connectivity index (χ0) is 12.0. The van der Waals surface area contributed by atoms with Crippen LogP contribution in [0.1, 0.15) is 43.0 Å². The van der Waals surface area contributed by atoms with Gasteiger partial charge in [-0.2, -0.15) is 0 Å². The summed E-state index contributed by atoms with van der Waals surface area (Å²) in [5, 5.41) is 1.19. The van der Waals surface area contributed by atoms with Gasteiger partial charge < -0.3 is 0 Å². The van der Waals surface area contributed by atoms with Crippen molar-refractivity contribution in [3.05, 3.63) is 47.0 Å². The van der Waals surface area contributed by atoms with Crippen molar-refractivity contribution in [1.29, 1.82) is 0 Å². The van der Waals surface area contributed by atoms with Crippen LogP contribution >= 0.6 is 11.3 Å². The molecule has 0 saturated heterocycles. The number of nitrogens with zero attached hydrogens (tertiary/aromatic N) is 1. The van der Waals surface area contributed by atoms with E-state index in [1.807, 2.05) is 18.3 Å². The molecule has 0 aliphatic heterocycles. The first-order chi connectivity index (χ1) is 7.69. The Morgan fingerprint density at radius 2 is 2.31 bits per heavy atom. The molecule has 1 aromatic heterocycles. The van der Waals surface area contributed by atoms with Gasteiger partial charge in [-0.1, -0.05) is 51.7 Å². The van der Waals surface area contributed by atoms with E-state index in [1.165, 1.54) is 15.5 Å². The molecule has 1 heterocycles. The Bertz CT molecular complexity index is 397. The topological polar surface area (TPSA) is 12.9 Å². The summed E-state index contributed by atoms with van der Waals surface area (Å²) in [6.45, 7) is 10.2. The van der Waals surface area contributed by atoms with Crippen LogP contribution in [0.2, 0.25) is 0 Å². The molecule has 0 radical (unpaired) electrons. The highest BCUT2D eigenvalue weighted by Crippen LogP contribution is 2.27. The van der Waals surface area contributed by atoms with Crippen LogP contribution in [0.4, 0.5) is 0 Å². The van der Waals surface area contributed by atoms with Crippen LogP contribution in [0.25, 0.3) is 5.57 Å². The van der Waals surface area contributed by atoms with E-state index in [0.717, 1.165) is 6.42 Å². The smallest absolute Gasteiger partial charge is 0.0956 e. The van der Waals surface area contributed by atoms with Crippen LogP contribution in [0.5, 0.6) is 0 Å². The normalized spacial score (nSPS) is 12.6. The third kappa shape index (κ3) is 3.46. The molecule has 2 heteroatoms. The number of rotatable bonds is 5. The predicted octanol–water partition coefficient (Wildman–Crippen LogP) is 4.80. The van der Waals surface area contributed by atoms with E-state index in [0.29, 0.717) is 5.92 Å². The second kappa shape index (κ2) is 6.44. The van der Waals surface area contributed by atoms with Gasteiger partial charge >= 0.3 is 0 Å². The molecular formula is C14H19NS. The van der Waals surface area contributed by atoms with Crippen LogP contribution < -0.4 is 0 Å². The summed E-state index contributed by atoms with van der Waals surface area (Å²) in [6, 6.07) is 0. The van der Waals surface area contributed by atoms with Crippen LogP contribution in [0.3, 0.4) is 0 Å². The van der Waals surface area contributed by atoms with Gasteiger partial charge in [0.15, 0.2) is 0 Å². The van der Waals surface area contributed by atoms with E-state index in [4.69, 9.17) is 0 Å². The second-order valence-corrected chi connectivity index (χ2v) is 4.95. The lowest BCUT2D eigenvalue weighted by atomic mass is 10.2. The SMILES string of the molecule is C=C/C=C(\C=C/CC)c1cnc(C(C)C)s1. The lowest BCUT2D eigenvalue weighted by molar-refractivity contribution is 0.852. The van der Waals surface area contributed by atoms with Gasteiger partial charge in [0.1, 0.15) is 0 Å². The first kappa shape index (κ1) is 12.9. The molecule has 0 amide bonds. The van der Waals surface area contributed by atoms with Crippen LogP contribution in [-0.2, 0) is 0 Å². The van der Waals surface area contributed by atoms with Crippen LogP contribution in [0.15, 0.2) is 37.1 Å². The Kier molecular flexibility index (Phi) is 5.20. The minimum absolute atomic E-state index is 0.499. The lowest BCUT2D eigenvalue weighted by Gasteiger charge is -1.97. The zero-order valence-electron chi connectivity index (χ0n) is 10.2. The molecule has 86 valence electrons. The van der Waals surface area contributed by atoms with Crippen molar-refractivity contribution in [3.63, 3.8) is 0 Å². The highest BCUT2D eigenvalue weighted by molar-refractivity contribution is 7.12. The molecular weight excluding hydrogens is 214 g/mol. The van der Waals surface area contributed by atoms with Gasteiger partial charge in [0.25, 0.3) is 0 Å². The molecule has 1 nitrogen and oxygen atoms in total. The second-order valence-electron chi connectivity index (χ2n) is 3.89. The first-order valence-electron chi connectivity index (χ1n) is 5.64. The first-order valence-corrected chi connectivity index (χ1v) is 6.46. The van der Waals surface area contributed by atoms with Gasteiger partial charge in [-0.15, -0.1) is 11.3 Å². The third-order valence-corrected chi connectivity index (χ3v) is 3.48. The third-order valence-electron chi connectivity index (χ3n) is 2.13. The number of hydrogen-bond acceptors (Lipinski definition) is 2. The average Bonchev–Trinajstić information content (AvgIpc) is 2.73. The molecule has 0 unspecified atom stereocenters. The number of thiazole rings is 1. The number of aromatic nitrogens is 1.